The number of non-ortho nitro benzene ring substituents is 1. The number of carbonyl (C=O) groups is 1. The Balaban J connectivity index is 2.86. The number of nitrogens with zero attached hydrogens (tertiary/aromatic N) is 1. The van der Waals surface area contributed by atoms with E-state index in [0.29, 0.717) is 11.5 Å². The molecule has 0 unspecified atom stereocenters. The lowest BCUT2D eigenvalue weighted by atomic mass is 10.2. The number of hydrogen-bond donors (Lipinski definition) is 2. The highest BCUT2D eigenvalue weighted by atomic mass is 32.2. The van der Waals surface area contributed by atoms with Crippen molar-refractivity contribution in [2.24, 2.45) is 0 Å². The number of carbonyl (C=O) groups excluding carboxylic acids is 1. The lowest BCUT2D eigenvalue weighted by molar-refractivity contribution is -0.384. The van der Waals surface area contributed by atoms with E-state index < -0.39 is 4.92 Å². The fourth-order valence-electron chi connectivity index (χ4n) is 1.45. The van der Waals surface area contributed by atoms with Crippen LogP contribution in [0.25, 0.3) is 0 Å². The zero-order valence-corrected chi connectivity index (χ0v) is 12.0. The molecule has 0 aliphatic rings. The van der Waals surface area contributed by atoms with Gasteiger partial charge >= 0.3 is 0 Å². The van der Waals surface area contributed by atoms with E-state index in [4.69, 9.17) is 9.84 Å². The molecule has 0 aliphatic heterocycles. The van der Waals surface area contributed by atoms with Crippen LogP contribution in [0, 0.1) is 10.1 Å². The molecule has 1 aromatic rings. The van der Waals surface area contributed by atoms with Gasteiger partial charge in [-0.3, -0.25) is 14.9 Å². The third kappa shape index (κ3) is 4.39. The fraction of sp³-hybridized carbons (Fsp3) is 0.417. The smallest absolute Gasteiger partial charge is 0.271 e. The van der Waals surface area contributed by atoms with Gasteiger partial charge in [-0.2, -0.15) is 0 Å². The van der Waals surface area contributed by atoms with Crippen molar-refractivity contribution in [2.45, 2.75) is 12.2 Å². The molecule has 0 saturated heterocycles. The second-order valence-electron chi connectivity index (χ2n) is 3.87. The van der Waals surface area contributed by atoms with E-state index in [2.05, 4.69) is 5.32 Å². The summed E-state index contributed by atoms with van der Waals surface area (Å²) >= 11 is 1.29. The van der Waals surface area contributed by atoms with Gasteiger partial charge in [-0.05, 0) is 13.0 Å². The second-order valence-corrected chi connectivity index (χ2v) is 5.32. The third-order valence-corrected chi connectivity index (χ3v) is 3.61. The summed E-state index contributed by atoms with van der Waals surface area (Å²) in [6, 6.07) is 3.98. The number of rotatable bonds is 7. The van der Waals surface area contributed by atoms with Gasteiger partial charge in [-0.1, -0.05) is 0 Å². The van der Waals surface area contributed by atoms with Gasteiger partial charge in [0.15, 0.2) is 0 Å². The van der Waals surface area contributed by atoms with Crippen molar-refractivity contribution in [3.8, 4) is 5.75 Å². The van der Waals surface area contributed by atoms with Crippen molar-refractivity contribution >= 4 is 29.0 Å². The molecule has 2 N–H and O–H groups in total. The van der Waals surface area contributed by atoms with Gasteiger partial charge in [0.2, 0.25) is 5.91 Å². The van der Waals surface area contributed by atoms with Crippen LogP contribution in [0.1, 0.15) is 6.92 Å². The Morgan fingerprint density at radius 3 is 2.85 bits per heavy atom. The van der Waals surface area contributed by atoms with E-state index in [1.807, 2.05) is 0 Å². The Hall–Kier alpha value is -1.80. The Morgan fingerprint density at radius 2 is 2.30 bits per heavy atom. The van der Waals surface area contributed by atoms with Crippen LogP contribution in [0.5, 0.6) is 5.75 Å². The minimum atomic E-state index is -0.543. The number of methoxy groups -OCH3 is 1. The number of benzene rings is 1. The first-order chi connectivity index (χ1) is 9.49. The highest BCUT2D eigenvalue weighted by Gasteiger charge is 2.17. The Bertz CT molecular complexity index is 495. The summed E-state index contributed by atoms with van der Waals surface area (Å²) in [4.78, 5) is 22.1. The maximum Gasteiger partial charge on any atom is 0.271 e. The number of aliphatic hydroxyl groups is 1. The molecule has 110 valence electrons. The molecular weight excluding hydrogens is 284 g/mol. The fourth-order valence-corrected chi connectivity index (χ4v) is 2.12. The van der Waals surface area contributed by atoms with Crippen LogP contribution in [0.2, 0.25) is 0 Å². The summed E-state index contributed by atoms with van der Waals surface area (Å²) in [6.45, 7) is 1.68. The first-order valence-electron chi connectivity index (χ1n) is 5.85. The van der Waals surface area contributed by atoms with Crippen LogP contribution >= 0.6 is 11.8 Å². The summed E-state index contributed by atoms with van der Waals surface area (Å²) in [5.74, 6) is 0.492. The Morgan fingerprint density at radius 1 is 1.60 bits per heavy atom. The van der Waals surface area contributed by atoms with E-state index in [1.54, 1.807) is 6.92 Å². The highest BCUT2D eigenvalue weighted by Crippen LogP contribution is 2.29. The molecule has 0 radical (unpaired) electrons. The lowest BCUT2D eigenvalue weighted by Gasteiger charge is -2.13. The van der Waals surface area contributed by atoms with E-state index in [0.717, 1.165) is 0 Å². The molecule has 0 heterocycles. The predicted molar refractivity (Wildman–Crippen MR) is 77.3 cm³/mol. The largest absolute Gasteiger partial charge is 0.495 e. The van der Waals surface area contributed by atoms with E-state index in [9.17, 15) is 14.9 Å². The molecule has 0 aromatic heterocycles. The van der Waals surface area contributed by atoms with Gasteiger partial charge in [0, 0.05) is 17.9 Å². The molecular formula is C12H16N2O5S. The molecule has 0 saturated carbocycles. The van der Waals surface area contributed by atoms with Crippen molar-refractivity contribution in [1.82, 2.24) is 0 Å². The van der Waals surface area contributed by atoms with Gasteiger partial charge in [0.05, 0.1) is 29.6 Å². The molecule has 0 spiro atoms. The normalized spacial score (nSPS) is 11.8. The highest BCUT2D eigenvalue weighted by molar-refractivity contribution is 8.00. The Kier molecular flexibility index (Phi) is 6.26. The lowest BCUT2D eigenvalue weighted by Crippen LogP contribution is -2.23. The van der Waals surface area contributed by atoms with Gasteiger partial charge in [-0.25, -0.2) is 0 Å². The van der Waals surface area contributed by atoms with E-state index in [-0.39, 0.29) is 29.1 Å². The molecule has 8 heteroatoms. The summed E-state index contributed by atoms with van der Waals surface area (Å²) in [6.07, 6.45) is 0. The van der Waals surface area contributed by atoms with Crippen molar-refractivity contribution in [1.29, 1.82) is 0 Å². The summed E-state index contributed by atoms with van der Waals surface area (Å²) in [7, 11) is 1.42. The maximum absolute atomic E-state index is 11.9. The number of aliphatic hydroxyl groups excluding tert-OH is 1. The van der Waals surface area contributed by atoms with Crippen LogP contribution in [-0.4, -0.2) is 40.7 Å². The molecule has 7 nitrogen and oxygen atoms in total. The molecule has 0 aliphatic carbocycles. The summed E-state index contributed by atoms with van der Waals surface area (Å²) in [5.41, 5.74) is 0.125. The first-order valence-corrected chi connectivity index (χ1v) is 6.90. The zero-order chi connectivity index (χ0) is 15.1. The standard InChI is InChI=1S/C12H16N2O5S/c1-8(20-6-5-15)12(16)13-10-7-9(14(17)18)3-4-11(10)19-2/h3-4,7-8,15H,5-6H2,1-2H3,(H,13,16)/t8-/m0/s1. The number of ether oxygens (including phenoxy) is 1. The number of nitro benzene ring substituents is 1. The van der Waals surface area contributed by atoms with Gasteiger partial charge in [0.25, 0.3) is 5.69 Å². The number of amides is 1. The topological polar surface area (TPSA) is 102 Å². The number of hydrogen-bond acceptors (Lipinski definition) is 6. The van der Waals surface area contributed by atoms with Gasteiger partial charge in [-0.15, -0.1) is 11.8 Å². The van der Waals surface area contributed by atoms with Crippen molar-refractivity contribution < 1.29 is 19.6 Å². The molecule has 0 bridgehead atoms. The summed E-state index contributed by atoms with van der Waals surface area (Å²) in [5, 5.41) is 21.7. The van der Waals surface area contributed by atoms with Crippen LogP contribution in [0.3, 0.4) is 0 Å². The first kappa shape index (κ1) is 16.3. The Labute approximate surface area is 120 Å². The van der Waals surface area contributed by atoms with Crippen molar-refractivity contribution in [3.63, 3.8) is 0 Å². The predicted octanol–water partition coefficient (Wildman–Crippen LogP) is 1.66. The average Bonchev–Trinajstić information content (AvgIpc) is 2.44. The minimum Gasteiger partial charge on any atom is -0.495 e. The molecule has 1 aromatic carbocycles. The van der Waals surface area contributed by atoms with Gasteiger partial charge in [0.1, 0.15) is 5.75 Å². The average molecular weight is 300 g/mol. The number of anilines is 1. The summed E-state index contributed by atoms with van der Waals surface area (Å²) < 4.78 is 5.06. The zero-order valence-electron chi connectivity index (χ0n) is 11.2. The maximum atomic E-state index is 11.9. The SMILES string of the molecule is COc1ccc([N+](=O)[O-])cc1NC(=O)[C@H](C)SCCO. The number of nitrogens with one attached hydrogen (secondary N) is 1. The van der Waals surface area contributed by atoms with Crippen molar-refractivity contribution in [3.05, 3.63) is 28.3 Å². The van der Waals surface area contributed by atoms with Crippen molar-refractivity contribution in [2.75, 3.05) is 24.8 Å². The van der Waals surface area contributed by atoms with Crippen LogP contribution in [-0.2, 0) is 4.79 Å². The van der Waals surface area contributed by atoms with E-state index >= 15 is 0 Å². The number of thioether (sulfide) groups is 1. The van der Waals surface area contributed by atoms with Crippen LogP contribution in [0.15, 0.2) is 18.2 Å². The number of nitro groups is 1. The minimum absolute atomic E-state index is 0.0115. The second kappa shape index (κ2) is 7.71. The third-order valence-electron chi connectivity index (χ3n) is 2.48. The van der Waals surface area contributed by atoms with Gasteiger partial charge < -0.3 is 15.2 Å². The molecule has 20 heavy (non-hydrogen) atoms. The monoisotopic (exact) mass is 300 g/mol. The van der Waals surface area contributed by atoms with E-state index in [1.165, 1.54) is 37.1 Å². The molecule has 1 amide bonds. The molecule has 1 rings (SSSR count). The van der Waals surface area contributed by atoms with Crippen LogP contribution in [0.4, 0.5) is 11.4 Å². The van der Waals surface area contributed by atoms with Crippen LogP contribution < -0.4 is 10.1 Å². The molecule has 0 fully saturated rings. The quantitative estimate of drug-likeness (QED) is 0.586. The molecule has 1 atom stereocenters.